The van der Waals surface area contributed by atoms with Gasteiger partial charge in [-0.25, -0.2) is 0 Å². The van der Waals surface area contributed by atoms with E-state index in [-0.39, 0.29) is 11.0 Å². The lowest BCUT2D eigenvalue weighted by atomic mass is 9.84. The highest BCUT2D eigenvalue weighted by Gasteiger charge is 2.42. The fraction of sp³-hybridized carbons (Fsp3) is 1.00. The predicted molar refractivity (Wildman–Crippen MR) is 122 cm³/mol. The zero-order valence-electron chi connectivity index (χ0n) is 20.8. The molecule has 2 bridgehead atoms. The van der Waals surface area contributed by atoms with Crippen molar-refractivity contribution in [3.8, 4) is 0 Å². The van der Waals surface area contributed by atoms with Crippen LogP contribution in [0.25, 0.3) is 0 Å². The lowest BCUT2D eigenvalue weighted by Gasteiger charge is -2.48. The SMILES string of the molecule is CC(C)(C)COCCOCCOCCOCCN1CC2COCC(C1)C2OC(C)(C)C. The molecular formula is C24H47NO6. The van der Waals surface area contributed by atoms with Crippen LogP contribution in [0.3, 0.4) is 0 Å². The first kappa shape index (κ1) is 27.0. The second kappa shape index (κ2) is 13.4. The molecule has 0 aromatic carbocycles. The second-order valence-electron chi connectivity index (χ2n) is 11.0. The van der Waals surface area contributed by atoms with Gasteiger partial charge in [0.15, 0.2) is 0 Å². The molecular weight excluding hydrogens is 398 g/mol. The van der Waals surface area contributed by atoms with E-state index < -0.39 is 0 Å². The quantitative estimate of drug-likeness (QED) is 0.381. The van der Waals surface area contributed by atoms with E-state index in [1.807, 2.05) is 0 Å². The second-order valence-corrected chi connectivity index (χ2v) is 11.0. The van der Waals surface area contributed by atoms with Gasteiger partial charge in [0.25, 0.3) is 0 Å². The van der Waals surface area contributed by atoms with Crippen LogP contribution in [0.2, 0.25) is 0 Å². The Hall–Kier alpha value is -0.280. The van der Waals surface area contributed by atoms with Gasteiger partial charge in [-0.15, -0.1) is 0 Å². The fourth-order valence-electron chi connectivity index (χ4n) is 4.01. The van der Waals surface area contributed by atoms with Crippen LogP contribution in [0, 0.1) is 17.3 Å². The third-order valence-corrected chi connectivity index (χ3v) is 5.27. The van der Waals surface area contributed by atoms with E-state index in [2.05, 4.69) is 46.4 Å². The average Bonchev–Trinajstić information content (AvgIpc) is 2.64. The van der Waals surface area contributed by atoms with Gasteiger partial charge in [0.1, 0.15) is 0 Å². The van der Waals surface area contributed by atoms with Crippen LogP contribution in [0.1, 0.15) is 41.5 Å². The third-order valence-electron chi connectivity index (χ3n) is 5.27. The van der Waals surface area contributed by atoms with Crippen LogP contribution in [-0.2, 0) is 28.4 Å². The van der Waals surface area contributed by atoms with Crippen molar-refractivity contribution in [2.75, 3.05) is 85.7 Å². The van der Waals surface area contributed by atoms with E-state index >= 15 is 0 Å². The number of nitrogens with zero attached hydrogens (tertiary/aromatic N) is 1. The lowest BCUT2D eigenvalue weighted by molar-refractivity contribution is -0.188. The van der Waals surface area contributed by atoms with Crippen molar-refractivity contribution in [1.82, 2.24) is 4.90 Å². The maximum Gasteiger partial charge on any atom is 0.0707 e. The Morgan fingerprint density at radius 2 is 1.19 bits per heavy atom. The van der Waals surface area contributed by atoms with Crippen LogP contribution in [0.5, 0.6) is 0 Å². The Labute approximate surface area is 190 Å². The summed E-state index contributed by atoms with van der Waals surface area (Å²) in [6, 6.07) is 0. The highest BCUT2D eigenvalue weighted by atomic mass is 16.6. The minimum Gasteiger partial charge on any atom is -0.381 e. The summed E-state index contributed by atoms with van der Waals surface area (Å²) in [5.41, 5.74) is 0.0996. The Balaban J connectivity index is 1.43. The monoisotopic (exact) mass is 445 g/mol. The number of fused-ring (bicyclic) bond motifs is 2. The molecule has 0 spiro atoms. The van der Waals surface area contributed by atoms with Gasteiger partial charge >= 0.3 is 0 Å². The summed E-state index contributed by atoms with van der Waals surface area (Å²) in [6.45, 7) is 22.6. The van der Waals surface area contributed by atoms with E-state index in [4.69, 9.17) is 28.4 Å². The minimum atomic E-state index is -0.102. The van der Waals surface area contributed by atoms with Crippen molar-refractivity contribution in [2.45, 2.75) is 53.2 Å². The maximum atomic E-state index is 6.35. The molecule has 0 aromatic heterocycles. The molecule has 2 unspecified atom stereocenters. The Kier molecular flexibility index (Phi) is 11.7. The molecule has 31 heavy (non-hydrogen) atoms. The summed E-state index contributed by atoms with van der Waals surface area (Å²) in [5, 5.41) is 0. The number of piperidine rings is 1. The molecule has 2 atom stereocenters. The van der Waals surface area contributed by atoms with Crippen molar-refractivity contribution in [2.24, 2.45) is 17.3 Å². The zero-order valence-corrected chi connectivity index (χ0v) is 20.8. The molecule has 0 aliphatic carbocycles. The summed E-state index contributed by atoms with van der Waals surface area (Å²) in [7, 11) is 0. The van der Waals surface area contributed by atoms with Crippen molar-refractivity contribution in [3.63, 3.8) is 0 Å². The summed E-state index contributed by atoms with van der Waals surface area (Å²) >= 11 is 0. The van der Waals surface area contributed by atoms with Crippen molar-refractivity contribution in [3.05, 3.63) is 0 Å². The molecule has 0 amide bonds. The summed E-state index contributed by atoms with van der Waals surface area (Å²) < 4.78 is 34.6. The van der Waals surface area contributed by atoms with Crippen LogP contribution in [0.4, 0.5) is 0 Å². The van der Waals surface area contributed by atoms with Crippen molar-refractivity contribution < 1.29 is 28.4 Å². The molecule has 2 aliphatic heterocycles. The van der Waals surface area contributed by atoms with Gasteiger partial charge in [-0.05, 0) is 26.2 Å². The van der Waals surface area contributed by atoms with E-state index in [0.717, 1.165) is 46.1 Å². The number of hydrogen-bond acceptors (Lipinski definition) is 7. The minimum absolute atomic E-state index is 0.102. The van der Waals surface area contributed by atoms with E-state index in [0.29, 0.717) is 57.6 Å². The number of hydrogen-bond donors (Lipinski definition) is 0. The van der Waals surface area contributed by atoms with Crippen LogP contribution >= 0.6 is 0 Å². The maximum absolute atomic E-state index is 6.35. The first-order chi connectivity index (χ1) is 14.6. The van der Waals surface area contributed by atoms with E-state index in [9.17, 15) is 0 Å². The zero-order chi connectivity index (χ0) is 22.7. The molecule has 0 N–H and O–H groups in total. The summed E-state index contributed by atoms with van der Waals surface area (Å²) in [6.07, 6.45) is 0.312. The molecule has 0 saturated carbocycles. The van der Waals surface area contributed by atoms with E-state index in [1.54, 1.807) is 0 Å². The van der Waals surface area contributed by atoms with Gasteiger partial charge in [0, 0.05) is 31.5 Å². The molecule has 2 aliphatic rings. The van der Waals surface area contributed by atoms with Gasteiger partial charge in [-0.1, -0.05) is 20.8 Å². The normalized spacial score (nSPS) is 25.2. The predicted octanol–water partition coefficient (Wildman–Crippen LogP) is 2.86. The molecule has 7 nitrogen and oxygen atoms in total. The molecule has 2 fully saturated rings. The molecule has 2 heterocycles. The smallest absolute Gasteiger partial charge is 0.0707 e. The Morgan fingerprint density at radius 1 is 0.710 bits per heavy atom. The highest BCUT2D eigenvalue weighted by Crippen LogP contribution is 2.32. The first-order valence-corrected chi connectivity index (χ1v) is 11.9. The molecule has 0 radical (unpaired) electrons. The molecule has 2 rings (SSSR count). The van der Waals surface area contributed by atoms with E-state index in [1.165, 1.54) is 0 Å². The largest absolute Gasteiger partial charge is 0.381 e. The third kappa shape index (κ3) is 11.9. The summed E-state index contributed by atoms with van der Waals surface area (Å²) in [4.78, 5) is 2.50. The first-order valence-electron chi connectivity index (χ1n) is 11.9. The lowest BCUT2D eigenvalue weighted by Crippen LogP contribution is -2.58. The molecule has 0 aromatic rings. The standard InChI is InChI=1S/C24H47NO6/c1-23(2,3)19-29-14-13-28-12-11-27-10-9-26-8-7-25-15-20-17-30-18-21(16-25)22(20)31-24(4,5)6/h20-22H,7-19H2,1-6H3. The van der Waals surface area contributed by atoms with Gasteiger partial charge in [-0.2, -0.15) is 0 Å². The molecule has 184 valence electrons. The average molecular weight is 446 g/mol. The van der Waals surface area contributed by atoms with Crippen LogP contribution in [-0.4, -0.2) is 102 Å². The molecule has 7 heteroatoms. The van der Waals surface area contributed by atoms with Gasteiger partial charge in [-0.3, -0.25) is 0 Å². The van der Waals surface area contributed by atoms with Crippen molar-refractivity contribution >= 4 is 0 Å². The van der Waals surface area contributed by atoms with Crippen molar-refractivity contribution in [1.29, 1.82) is 0 Å². The fourth-order valence-corrected chi connectivity index (χ4v) is 4.01. The number of likely N-dealkylation sites (tertiary alicyclic amines) is 1. The highest BCUT2D eigenvalue weighted by molar-refractivity contribution is 4.91. The van der Waals surface area contributed by atoms with Crippen LogP contribution in [0.15, 0.2) is 0 Å². The van der Waals surface area contributed by atoms with Gasteiger partial charge < -0.3 is 33.3 Å². The number of ether oxygens (including phenoxy) is 6. The Bertz CT molecular complexity index is 462. The number of rotatable bonds is 14. The Morgan fingerprint density at radius 3 is 1.68 bits per heavy atom. The van der Waals surface area contributed by atoms with Gasteiger partial charge in [0.2, 0.25) is 0 Å². The van der Waals surface area contributed by atoms with Crippen LogP contribution < -0.4 is 0 Å². The topological polar surface area (TPSA) is 58.6 Å². The molecule has 2 saturated heterocycles. The van der Waals surface area contributed by atoms with Gasteiger partial charge in [0.05, 0.1) is 77.8 Å². The summed E-state index contributed by atoms with van der Waals surface area (Å²) in [5.74, 6) is 0.905.